The number of para-hydroxylation sites is 2. The van der Waals surface area contributed by atoms with E-state index in [4.69, 9.17) is 16.3 Å². The maximum atomic E-state index is 14.4. The van der Waals surface area contributed by atoms with Crippen LogP contribution in [0.5, 0.6) is 17.2 Å². The van der Waals surface area contributed by atoms with Crippen molar-refractivity contribution in [3.63, 3.8) is 0 Å². The Hall–Kier alpha value is -3.27. The summed E-state index contributed by atoms with van der Waals surface area (Å²) < 4.78 is 59.2. The molecule has 0 amide bonds. The molecule has 0 atom stereocenters. The number of benzene rings is 2. The largest absolute Gasteiger partial charge is 0.504 e. The van der Waals surface area contributed by atoms with Crippen LogP contribution in [0.4, 0.5) is 17.6 Å². The molecule has 0 bridgehead atoms. The smallest absolute Gasteiger partial charge is 0.431 e. The summed E-state index contributed by atoms with van der Waals surface area (Å²) in [6.07, 6.45) is -4.95. The van der Waals surface area contributed by atoms with Crippen LogP contribution in [-0.2, 0) is 13.2 Å². The van der Waals surface area contributed by atoms with E-state index in [2.05, 4.69) is 0 Å². The summed E-state index contributed by atoms with van der Waals surface area (Å²) in [5.41, 5.74) is -4.96. The van der Waals surface area contributed by atoms with Gasteiger partial charge in [-0.1, -0.05) is 23.7 Å². The van der Waals surface area contributed by atoms with Gasteiger partial charge in [-0.25, -0.2) is 13.8 Å². The highest BCUT2D eigenvalue weighted by Crippen LogP contribution is 2.36. The van der Waals surface area contributed by atoms with Crippen molar-refractivity contribution in [3.05, 3.63) is 79.8 Å². The summed E-state index contributed by atoms with van der Waals surface area (Å²) in [4.78, 5) is 24.6. The van der Waals surface area contributed by atoms with Crippen LogP contribution in [0, 0.1) is 5.82 Å². The SMILES string of the molecule is Cn1c(C(F)(F)F)cc(=O)n(-c2cc(Oc3ccccc3O)c(Cl)cc2F)c1=O. The summed E-state index contributed by atoms with van der Waals surface area (Å²) in [7, 11) is 0.800. The summed E-state index contributed by atoms with van der Waals surface area (Å²) in [6, 6.07) is 7.52. The maximum absolute atomic E-state index is 14.4. The molecule has 3 aromatic rings. The van der Waals surface area contributed by atoms with Gasteiger partial charge in [-0.15, -0.1) is 0 Å². The molecule has 0 fully saturated rings. The van der Waals surface area contributed by atoms with Crippen molar-refractivity contribution in [2.45, 2.75) is 6.18 Å². The predicted molar refractivity (Wildman–Crippen MR) is 95.4 cm³/mol. The molecule has 0 spiro atoms. The average molecular weight is 431 g/mol. The molecule has 3 rings (SSSR count). The first kappa shape index (κ1) is 20.5. The lowest BCUT2D eigenvalue weighted by Crippen LogP contribution is -2.41. The number of halogens is 5. The molecule has 11 heteroatoms. The second kappa shape index (κ2) is 7.28. The monoisotopic (exact) mass is 430 g/mol. The van der Waals surface area contributed by atoms with Crippen molar-refractivity contribution < 1.29 is 27.4 Å². The third kappa shape index (κ3) is 3.83. The quantitative estimate of drug-likeness (QED) is 0.641. The molecular formula is C18H11ClF4N2O4. The van der Waals surface area contributed by atoms with Crippen LogP contribution in [0.25, 0.3) is 5.69 Å². The number of alkyl halides is 3. The molecular weight excluding hydrogens is 420 g/mol. The van der Waals surface area contributed by atoms with Gasteiger partial charge in [0.2, 0.25) is 0 Å². The van der Waals surface area contributed by atoms with E-state index in [0.29, 0.717) is 0 Å². The fourth-order valence-electron chi connectivity index (χ4n) is 2.55. The fourth-order valence-corrected chi connectivity index (χ4v) is 2.74. The minimum atomic E-state index is -4.95. The zero-order chi connectivity index (χ0) is 21.5. The van der Waals surface area contributed by atoms with Gasteiger partial charge >= 0.3 is 11.9 Å². The van der Waals surface area contributed by atoms with Gasteiger partial charge in [0.1, 0.15) is 17.3 Å². The third-order valence-electron chi connectivity index (χ3n) is 3.94. The maximum Gasteiger partial charge on any atom is 0.431 e. The van der Waals surface area contributed by atoms with Crippen molar-refractivity contribution in [1.82, 2.24) is 9.13 Å². The molecule has 1 N–H and O–H groups in total. The molecule has 152 valence electrons. The van der Waals surface area contributed by atoms with Gasteiger partial charge in [0.15, 0.2) is 11.5 Å². The summed E-state index contributed by atoms with van der Waals surface area (Å²) in [5.74, 6) is -1.70. The van der Waals surface area contributed by atoms with Crippen molar-refractivity contribution in [2.24, 2.45) is 7.05 Å². The van der Waals surface area contributed by atoms with Crippen LogP contribution in [0.1, 0.15) is 5.69 Å². The highest BCUT2D eigenvalue weighted by molar-refractivity contribution is 6.32. The first-order valence-electron chi connectivity index (χ1n) is 7.86. The van der Waals surface area contributed by atoms with E-state index in [1.165, 1.54) is 24.3 Å². The molecule has 0 saturated carbocycles. The first-order valence-corrected chi connectivity index (χ1v) is 8.24. The lowest BCUT2D eigenvalue weighted by molar-refractivity contribution is -0.144. The summed E-state index contributed by atoms with van der Waals surface area (Å²) in [6.45, 7) is 0. The Kier molecular flexibility index (Phi) is 5.14. The Balaban J connectivity index is 2.20. The number of hydrogen-bond acceptors (Lipinski definition) is 4. The van der Waals surface area contributed by atoms with Gasteiger partial charge in [0.05, 0.1) is 10.7 Å². The van der Waals surface area contributed by atoms with E-state index in [9.17, 15) is 32.3 Å². The van der Waals surface area contributed by atoms with Crippen LogP contribution >= 0.6 is 11.6 Å². The second-order valence-electron chi connectivity index (χ2n) is 5.85. The fraction of sp³-hybridized carbons (Fsp3) is 0.111. The molecule has 2 aromatic carbocycles. The zero-order valence-electron chi connectivity index (χ0n) is 14.5. The van der Waals surface area contributed by atoms with E-state index < -0.39 is 34.6 Å². The Bertz CT molecular complexity index is 1220. The highest BCUT2D eigenvalue weighted by atomic mass is 35.5. The van der Waals surface area contributed by atoms with Crippen molar-refractivity contribution >= 4 is 11.6 Å². The van der Waals surface area contributed by atoms with Gasteiger partial charge in [0.25, 0.3) is 5.56 Å². The Morgan fingerprint density at radius 1 is 1.07 bits per heavy atom. The normalized spacial score (nSPS) is 11.5. The van der Waals surface area contributed by atoms with E-state index in [1.807, 2.05) is 0 Å². The van der Waals surface area contributed by atoms with Gasteiger partial charge in [-0.2, -0.15) is 13.2 Å². The van der Waals surface area contributed by atoms with E-state index >= 15 is 0 Å². The number of phenolic OH excluding ortho intramolecular Hbond substituents is 1. The molecule has 0 aliphatic heterocycles. The lowest BCUT2D eigenvalue weighted by atomic mass is 10.2. The number of nitrogens with zero attached hydrogens (tertiary/aromatic N) is 2. The molecule has 0 saturated heterocycles. The first-order chi connectivity index (χ1) is 13.5. The third-order valence-corrected chi connectivity index (χ3v) is 4.23. The van der Waals surface area contributed by atoms with Gasteiger partial charge in [0, 0.05) is 19.2 Å². The van der Waals surface area contributed by atoms with E-state index in [-0.39, 0.29) is 37.5 Å². The zero-order valence-corrected chi connectivity index (χ0v) is 15.3. The number of ether oxygens (including phenoxy) is 1. The number of phenols is 1. The van der Waals surface area contributed by atoms with Crippen molar-refractivity contribution in [3.8, 4) is 22.9 Å². The average Bonchev–Trinajstić information content (AvgIpc) is 2.62. The van der Waals surface area contributed by atoms with Crippen LogP contribution in [0.2, 0.25) is 5.02 Å². The molecule has 0 aliphatic rings. The van der Waals surface area contributed by atoms with E-state index in [1.54, 1.807) is 0 Å². The highest BCUT2D eigenvalue weighted by Gasteiger charge is 2.35. The number of aromatic nitrogens is 2. The molecule has 1 heterocycles. The van der Waals surface area contributed by atoms with Crippen molar-refractivity contribution in [2.75, 3.05) is 0 Å². The molecule has 1 aromatic heterocycles. The molecule has 6 nitrogen and oxygen atoms in total. The second-order valence-corrected chi connectivity index (χ2v) is 6.25. The minimum Gasteiger partial charge on any atom is -0.504 e. The van der Waals surface area contributed by atoms with Gasteiger partial charge in [-0.05, 0) is 18.2 Å². The number of rotatable bonds is 3. The van der Waals surface area contributed by atoms with Crippen molar-refractivity contribution in [1.29, 1.82) is 0 Å². The van der Waals surface area contributed by atoms with Crippen LogP contribution in [0.3, 0.4) is 0 Å². The van der Waals surface area contributed by atoms with Crippen LogP contribution < -0.4 is 16.0 Å². The lowest BCUT2D eigenvalue weighted by Gasteiger charge is -2.15. The Morgan fingerprint density at radius 3 is 2.34 bits per heavy atom. The minimum absolute atomic E-state index is 0.0559. The van der Waals surface area contributed by atoms with Gasteiger partial charge < -0.3 is 9.84 Å². The molecule has 29 heavy (non-hydrogen) atoms. The summed E-state index contributed by atoms with van der Waals surface area (Å²) in [5, 5.41) is 9.52. The van der Waals surface area contributed by atoms with Gasteiger partial charge in [-0.3, -0.25) is 9.36 Å². The van der Waals surface area contributed by atoms with E-state index in [0.717, 1.165) is 19.2 Å². The number of hydrogen-bond donors (Lipinski definition) is 1. The van der Waals surface area contributed by atoms with Crippen LogP contribution in [-0.4, -0.2) is 14.2 Å². The van der Waals surface area contributed by atoms with Crippen LogP contribution in [0.15, 0.2) is 52.1 Å². The molecule has 0 unspecified atom stereocenters. The standard InChI is InChI=1S/C18H11ClF4N2O4/c1-24-15(18(21,22)23)8-16(27)25(17(24)28)11-7-14(9(19)6-10(11)20)29-13-5-3-2-4-12(13)26/h2-8,26H,1H3. The topological polar surface area (TPSA) is 73.5 Å². The molecule has 0 radical (unpaired) electrons. The Morgan fingerprint density at radius 2 is 1.72 bits per heavy atom. The number of aromatic hydroxyl groups is 1. The Labute approximate surface area is 164 Å². The predicted octanol–water partition coefficient (Wildman–Crippen LogP) is 3.85. The molecule has 0 aliphatic carbocycles. The summed E-state index contributed by atoms with van der Waals surface area (Å²) >= 11 is 5.92.